The molecule has 3 aromatic rings. The fraction of sp³-hybridized carbons (Fsp3) is 0.118. The SMILES string of the molecule is COc1ccnc(-c2cn(C)c(NC(=O)c3ccc(Cl)cc3)n2)c1. The normalized spacial score (nSPS) is 10.5. The van der Waals surface area contributed by atoms with Crippen LogP contribution in [0.25, 0.3) is 11.4 Å². The van der Waals surface area contributed by atoms with Gasteiger partial charge in [-0.3, -0.25) is 15.1 Å². The second-order valence-electron chi connectivity index (χ2n) is 5.10. The molecule has 0 unspecified atom stereocenters. The molecular formula is C17H15ClN4O2. The maximum Gasteiger partial charge on any atom is 0.257 e. The van der Waals surface area contributed by atoms with E-state index in [0.717, 1.165) is 0 Å². The molecule has 7 heteroatoms. The number of carbonyl (C=O) groups excluding carboxylic acids is 1. The van der Waals surface area contributed by atoms with Crippen molar-refractivity contribution in [2.24, 2.45) is 7.05 Å². The standard InChI is InChI=1S/C17H15ClN4O2/c1-22-10-15(14-9-13(24-2)7-8-19-14)20-17(22)21-16(23)11-3-5-12(18)6-4-11/h3-10H,1-2H3,(H,20,21,23). The van der Waals surface area contributed by atoms with E-state index in [9.17, 15) is 4.79 Å². The van der Waals surface area contributed by atoms with Crippen LogP contribution in [-0.2, 0) is 7.05 Å². The number of imidazole rings is 1. The van der Waals surface area contributed by atoms with Crippen molar-refractivity contribution in [2.45, 2.75) is 0 Å². The third-order valence-corrected chi connectivity index (χ3v) is 3.69. The third kappa shape index (κ3) is 3.38. The molecule has 2 aromatic heterocycles. The predicted octanol–water partition coefficient (Wildman–Crippen LogP) is 3.40. The molecule has 0 radical (unpaired) electrons. The Morgan fingerprint density at radius 1 is 1.21 bits per heavy atom. The van der Waals surface area contributed by atoms with Crippen molar-refractivity contribution in [2.75, 3.05) is 12.4 Å². The van der Waals surface area contributed by atoms with Gasteiger partial charge in [-0.05, 0) is 30.3 Å². The zero-order chi connectivity index (χ0) is 17.1. The van der Waals surface area contributed by atoms with Gasteiger partial charge < -0.3 is 9.30 Å². The van der Waals surface area contributed by atoms with Gasteiger partial charge in [-0.2, -0.15) is 0 Å². The number of anilines is 1. The highest BCUT2D eigenvalue weighted by molar-refractivity contribution is 6.30. The third-order valence-electron chi connectivity index (χ3n) is 3.44. The quantitative estimate of drug-likeness (QED) is 0.789. The Kier molecular flexibility index (Phi) is 4.48. The van der Waals surface area contributed by atoms with Crippen LogP contribution in [0.1, 0.15) is 10.4 Å². The molecule has 0 aliphatic rings. The molecule has 2 heterocycles. The summed E-state index contributed by atoms with van der Waals surface area (Å²) in [4.78, 5) is 21.0. The van der Waals surface area contributed by atoms with Crippen LogP contribution in [0.2, 0.25) is 5.02 Å². The highest BCUT2D eigenvalue weighted by Crippen LogP contribution is 2.22. The lowest BCUT2D eigenvalue weighted by molar-refractivity contribution is 0.102. The summed E-state index contributed by atoms with van der Waals surface area (Å²) in [6.45, 7) is 0. The van der Waals surface area contributed by atoms with Crippen LogP contribution in [0.4, 0.5) is 5.95 Å². The van der Waals surface area contributed by atoms with Gasteiger partial charge in [0, 0.05) is 36.1 Å². The monoisotopic (exact) mass is 342 g/mol. The maximum atomic E-state index is 12.3. The minimum absolute atomic E-state index is 0.259. The Balaban J connectivity index is 1.83. The molecule has 122 valence electrons. The van der Waals surface area contributed by atoms with Crippen LogP contribution < -0.4 is 10.1 Å². The van der Waals surface area contributed by atoms with Crippen LogP contribution in [0.5, 0.6) is 5.75 Å². The minimum Gasteiger partial charge on any atom is -0.497 e. The Morgan fingerprint density at radius 2 is 1.96 bits per heavy atom. The van der Waals surface area contributed by atoms with Gasteiger partial charge in [-0.25, -0.2) is 4.98 Å². The van der Waals surface area contributed by atoms with Gasteiger partial charge in [-0.15, -0.1) is 0 Å². The molecule has 3 rings (SSSR count). The van der Waals surface area contributed by atoms with Crippen LogP contribution in [0, 0.1) is 0 Å². The largest absolute Gasteiger partial charge is 0.497 e. The molecular weight excluding hydrogens is 328 g/mol. The van der Waals surface area contributed by atoms with Crippen molar-refractivity contribution in [3.8, 4) is 17.1 Å². The summed E-state index contributed by atoms with van der Waals surface area (Å²) in [6.07, 6.45) is 3.44. The molecule has 0 aliphatic heterocycles. The predicted molar refractivity (Wildman–Crippen MR) is 92.4 cm³/mol. The molecule has 6 nitrogen and oxygen atoms in total. The van der Waals surface area contributed by atoms with Gasteiger partial charge in [0.05, 0.1) is 12.8 Å². The lowest BCUT2D eigenvalue weighted by Gasteiger charge is -2.04. The number of aryl methyl sites for hydroxylation is 1. The van der Waals surface area contributed by atoms with E-state index >= 15 is 0 Å². The zero-order valence-electron chi connectivity index (χ0n) is 13.2. The Labute approximate surface area is 144 Å². The number of methoxy groups -OCH3 is 1. The van der Waals surface area contributed by atoms with E-state index in [1.807, 2.05) is 0 Å². The van der Waals surface area contributed by atoms with E-state index in [2.05, 4.69) is 15.3 Å². The number of amides is 1. The summed E-state index contributed by atoms with van der Waals surface area (Å²) in [6, 6.07) is 10.2. The number of nitrogens with one attached hydrogen (secondary N) is 1. The number of pyridine rings is 1. The van der Waals surface area contributed by atoms with E-state index in [0.29, 0.717) is 33.7 Å². The van der Waals surface area contributed by atoms with Crippen LogP contribution in [0.3, 0.4) is 0 Å². The van der Waals surface area contributed by atoms with Crippen molar-refractivity contribution in [3.63, 3.8) is 0 Å². The van der Waals surface area contributed by atoms with Crippen LogP contribution in [0.15, 0.2) is 48.8 Å². The molecule has 0 bridgehead atoms. The number of aromatic nitrogens is 3. The molecule has 0 atom stereocenters. The minimum atomic E-state index is -0.259. The molecule has 0 saturated heterocycles. The van der Waals surface area contributed by atoms with Gasteiger partial charge >= 0.3 is 0 Å². The van der Waals surface area contributed by atoms with E-state index in [4.69, 9.17) is 16.3 Å². The summed E-state index contributed by atoms with van der Waals surface area (Å²) in [5, 5.41) is 3.35. The summed E-state index contributed by atoms with van der Waals surface area (Å²) >= 11 is 5.83. The van der Waals surface area contributed by atoms with Crippen molar-refractivity contribution in [3.05, 3.63) is 59.4 Å². The van der Waals surface area contributed by atoms with Gasteiger partial charge in [0.25, 0.3) is 5.91 Å². The van der Waals surface area contributed by atoms with Crippen molar-refractivity contribution in [1.29, 1.82) is 0 Å². The highest BCUT2D eigenvalue weighted by atomic mass is 35.5. The van der Waals surface area contributed by atoms with Crippen molar-refractivity contribution in [1.82, 2.24) is 14.5 Å². The zero-order valence-corrected chi connectivity index (χ0v) is 13.9. The number of ether oxygens (including phenoxy) is 1. The Morgan fingerprint density at radius 3 is 2.67 bits per heavy atom. The molecule has 0 fully saturated rings. The molecule has 1 aromatic carbocycles. The van der Waals surface area contributed by atoms with Crippen LogP contribution in [-0.4, -0.2) is 27.6 Å². The number of benzene rings is 1. The number of halogens is 1. The smallest absolute Gasteiger partial charge is 0.257 e. The van der Waals surface area contributed by atoms with E-state index < -0.39 is 0 Å². The molecule has 0 spiro atoms. The van der Waals surface area contributed by atoms with Crippen LogP contribution >= 0.6 is 11.6 Å². The number of rotatable bonds is 4. The second kappa shape index (κ2) is 6.72. The number of hydrogen-bond acceptors (Lipinski definition) is 4. The topological polar surface area (TPSA) is 69.0 Å². The average Bonchev–Trinajstić information content (AvgIpc) is 2.96. The Hall–Kier alpha value is -2.86. The van der Waals surface area contributed by atoms with E-state index in [1.54, 1.807) is 67.5 Å². The molecule has 1 N–H and O–H groups in total. The maximum absolute atomic E-state index is 12.3. The van der Waals surface area contributed by atoms with E-state index in [-0.39, 0.29) is 5.91 Å². The Bertz CT molecular complexity index is 875. The number of nitrogens with zero attached hydrogens (tertiary/aromatic N) is 3. The van der Waals surface area contributed by atoms with Gasteiger partial charge in [0.2, 0.25) is 5.95 Å². The molecule has 0 aliphatic carbocycles. The summed E-state index contributed by atoms with van der Waals surface area (Å²) in [5.74, 6) is 0.859. The van der Waals surface area contributed by atoms with Gasteiger partial charge in [-0.1, -0.05) is 11.6 Å². The van der Waals surface area contributed by atoms with E-state index in [1.165, 1.54) is 0 Å². The summed E-state index contributed by atoms with van der Waals surface area (Å²) < 4.78 is 6.92. The lowest BCUT2D eigenvalue weighted by Crippen LogP contribution is -2.14. The van der Waals surface area contributed by atoms with Crippen molar-refractivity contribution < 1.29 is 9.53 Å². The highest BCUT2D eigenvalue weighted by Gasteiger charge is 2.13. The summed E-state index contributed by atoms with van der Waals surface area (Å²) in [5.41, 5.74) is 1.81. The first kappa shape index (κ1) is 16.0. The fourth-order valence-electron chi connectivity index (χ4n) is 2.16. The first-order valence-electron chi connectivity index (χ1n) is 7.17. The number of hydrogen-bond donors (Lipinski definition) is 1. The second-order valence-corrected chi connectivity index (χ2v) is 5.54. The summed E-state index contributed by atoms with van der Waals surface area (Å²) in [7, 11) is 3.39. The number of carbonyl (C=O) groups is 1. The van der Waals surface area contributed by atoms with Gasteiger partial charge in [0.15, 0.2) is 0 Å². The first-order valence-corrected chi connectivity index (χ1v) is 7.55. The lowest BCUT2D eigenvalue weighted by atomic mass is 10.2. The average molecular weight is 343 g/mol. The molecule has 24 heavy (non-hydrogen) atoms. The van der Waals surface area contributed by atoms with Crippen molar-refractivity contribution >= 4 is 23.5 Å². The fourth-order valence-corrected chi connectivity index (χ4v) is 2.29. The molecule has 1 amide bonds. The first-order chi connectivity index (χ1) is 11.6. The van der Waals surface area contributed by atoms with Gasteiger partial charge in [0.1, 0.15) is 11.4 Å². The molecule has 0 saturated carbocycles.